The van der Waals surface area contributed by atoms with Crippen LogP contribution in [0.15, 0.2) is 62.9 Å². The molecule has 0 amide bonds. The molecule has 11 aromatic heterocycles. The van der Waals surface area contributed by atoms with E-state index in [1.807, 2.05) is 0 Å². The summed E-state index contributed by atoms with van der Waals surface area (Å²) in [7, 11) is 0. The number of nitrogens with zero attached hydrogens (tertiary/aromatic N) is 10. The van der Waals surface area contributed by atoms with Gasteiger partial charge in [-0.25, -0.2) is 83.3 Å². The Morgan fingerprint density at radius 2 is 0.819 bits per heavy atom. The summed E-state index contributed by atoms with van der Waals surface area (Å²) >= 11 is 17.0. The van der Waals surface area contributed by atoms with Gasteiger partial charge in [-0.2, -0.15) is 0 Å². The number of nitrogens with two attached hydrogens (primary N) is 2. The van der Waals surface area contributed by atoms with E-state index in [0.29, 0.717) is 91.5 Å². The van der Waals surface area contributed by atoms with Crippen LogP contribution in [0.1, 0.15) is 198 Å². The van der Waals surface area contributed by atoms with Crippen molar-refractivity contribution in [3.05, 3.63) is 132 Å². The second-order valence-electron chi connectivity index (χ2n) is 25.7. The molecule has 11 aromatic rings. The van der Waals surface area contributed by atoms with Gasteiger partial charge in [0.05, 0.1) is 67.5 Å². The Morgan fingerprint density at radius 3 is 1.16 bits per heavy atom. The van der Waals surface area contributed by atoms with Crippen LogP contribution in [0.25, 0.3) is 60.3 Å². The van der Waals surface area contributed by atoms with E-state index >= 15 is 0 Å². The quantitative estimate of drug-likeness (QED) is 0.00847. The molecule has 0 aliphatic heterocycles. The van der Waals surface area contributed by atoms with Crippen LogP contribution in [-0.2, 0) is 33.3 Å². The smallest absolute Gasteiger partial charge is 0.870 e. The fourth-order valence-electron chi connectivity index (χ4n) is 10.1. The van der Waals surface area contributed by atoms with Gasteiger partial charge in [0.15, 0.2) is 17.0 Å². The molecule has 3 fully saturated rings. The maximum Gasteiger partial charge on any atom is 1.00 e. The molecule has 38 nitrogen and oxygen atoms in total. The number of hydrogen-bond donors (Lipinski definition) is 7. The van der Waals surface area contributed by atoms with Gasteiger partial charge in [0, 0.05) is 16.6 Å². The van der Waals surface area contributed by atoms with Gasteiger partial charge >= 0.3 is 60.6 Å². The number of nitrogens with one attached hydrogen (secondary N) is 3. The monoisotopic (exact) mass is 1690 g/mol. The molecule has 0 radical (unpaired) electrons. The molecule has 1 unspecified atom stereocenters. The molecular formula is C73H84Cl4LiN15O23. The zero-order valence-corrected chi connectivity index (χ0v) is 69.0. The maximum atomic E-state index is 12.1. The number of carboxylic acids is 2. The van der Waals surface area contributed by atoms with Gasteiger partial charge in [-0.05, 0) is 142 Å². The summed E-state index contributed by atoms with van der Waals surface area (Å²) in [6.45, 7) is 34.0. The van der Waals surface area contributed by atoms with Crippen LogP contribution in [0.5, 0.6) is 0 Å². The molecule has 116 heavy (non-hydrogen) atoms. The van der Waals surface area contributed by atoms with E-state index in [1.165, 1.54) is 51.4 Å². The number of ether oxygens (including phenoxy) is 5. The number of aromatic nitrogens is 10. The predicted octanol–water partition coefficient (Wildman–Crippen LogP) is 10.5. The number of ketones is 1. The van der Waals surface area contributed by atoms with Crippen molar-refractivity contribution in [1.82, 2.24) is 49.8 Å². The number of esters is 5. The Morgan fingerprint density at radius 1 is 0.517 bits per heavy atom. The fraction of sp³-hybridized carbons (Fsp3) is 0.411. The Hall–Kier alpha value is -11.3. The number of aryl methyl sites for hydroxylation is 6. The number of carbonyl (C=O) groups excluding carboxylic acids is 6. The first-order chi connectivity index (χ1) is 53.4. The molecule has 0 bridgehead atoms. The van der Waals surface area contributed by atoms with Gasteiger partial charge in [0.25, 0.3) is 11.2 Å². The third-order valence-electron chi connectivity index (χ3n) is 16.5. The first kappa shape index (κ1) is 97.1. The Balaban J connectivity index is 0.000000283. The van der Waals surface area contributed by atoms with Gasteiger partial charge in [-0.1, -0.05) is 23.2 Å². The number of carbonyl (C=O) groups is 8. The maximum absolute atomic E-state index is 12.1. The number of hydrogen-bond acceptors (Lipinski definition) is 34. The normalized spacial score (nSPS) is 13.1. The summed E-state index contributed by atoms with van der Waals surface area (Å²) in [6.07, 6.45) is 13.3. The van der Waals surface area contributed by atoms with Crippen molar-refractivity contribution in [3.8, 4) is 0 Å². The van der Waals surface area contributed by atoms with Crippen molar-refractivity contribution in [2.45, 2.75) is 164 Å². The number of H-pyrrole nitrogens is 1. The second kappa shape index (κ2) is 42.4. The van der Waals surface area contributed by atoms with E-state index in [0.717, 1.165) is 25.7 Å². The minimum absolute atomic E-state index is 0. The van der Waals surface area contributed by atoms with Crippen LogP contribution in [0, 0.1) is 48.1 Å². The van der Waals surface area contributed by atoms with Gasteiger partial charge in [-0.15, -0.1) is 24.0 Å². The summed E-state index contributed by atoms with van der Waals surface area (Å²) in [5, 5.41) is 25.8. The second-order valence-corrected chi connectivity index (χ2v) is 26.8. The molecule has 0 spiro atoms. The van der Waals surface area contributed by atoms with Crippen LogP contribution < -0.4 is 46.5 Å². The van der Waals surface area contributed by atoms with Crippen molar-refractivity contribution < 1.29 is 123 Å². The predicted molar refractivity (Wildman–Crippen MR) is 418 cm³/mol. The number of nitrogen functional groups attached to an aromatic ring is 1. The SMILES string of the molecule is CC1(N)CC1.CCOC(=O)C(Cl)C(C)=O.CCOC(=O)c1c(C)oc2nc[nH]c(=O)c12.CCOC(=O)c1c(C)oc2ncnc(Cl)c12.CCOC(=O)c1c(C)oc2ncnc(NC3(C)CC3)c12.Cc1oc2ncnc(Cl)c2c1C(=O)O.Cc1oc2ncnc(NC3(C)CC3)c2c1C(=O)O.Cl.[C-]#[N+]c1c(N)oc(C)c1C(=O)OCC.[Li+].[OH-]. The molecule has 0 aromatic carbocycles. The number of fused-ring (bicyclic) bond motifs is 5. The number of halogens is 4. The molecule has 0 saturated heterocycles. The minimum Gasteiger partial charge on any atom is -0.870 e. The molecule has 3 saturated carbocycles. The Bertz CT molecular complexity index is 5480. The zero-order valence-electron chi connectivity index (χ0n) is 65.9. The number of aromatic carboxylic acids is 2. The van der Waals surface area contributed by atoms with Crippen molar-refractivity contribution in [1.29, 1.82) is 0 Å². The number of Topliss-reactive ketones (excluding diaryl/α,β-unsaturated/α-hetero) is 1. The summed E-state index contributed by atoms with van der Waals surface area (Å²) in [5.41, 5.74) is 13.3. The number of carboxylic acid groups (broad SMARTS) is 2. The van der Waals surface area contributed by atoms with Crippen molar-refractivity contribution >= 4 is 173 Å². The van der Waals surface area contributed by atoms with Gasteiger partial charge in [-0.3, -0.25) is 9.59 Å². The van der Waals surface area contributed by atoms with Gasteiger partial charge in [0.2, 0.25) is 28.6 Å². The minimum atomic E-state index is -1.14. The standard InChI is InChI=1S/C14H17N3O3.C12H13N3O3.C10H9ClN2O3.C10H10N2O4.C9H10N2O3.C8H5ClN2O3.C6H9ClO3.C4H9N.ClH.Li.H2O/c1-4-19-13(18)9-8(2)20-12-10(9)11(15-7-16-12)17-14(3)5-6-14;1-6-7(11(16)17)8-9(15-12(2)3-4-12)13-5-14-10(8)18-6;1-3-15-10(14)6-5(2)16-9-7(6)8(11)12-4-13-9;1-3-15-10(14)6-5(2)16-9-7(6)8(13)11-4-12-9;1-4-13-9(12)6-5(2)14-8(10)7(6)11-3;1-3-4(8(12)13)5-6(9)10-2-11-7(5)14-3;1-3-10-6(9)5(7)4(2)8;1-4(5)2-3-4;;;/h7H,4-6H2,1-3H3,(H,15,16,17);5H,3-4H2,1-2H3,(H,16,17)(H,13,14,15);4H,3H2,1-2H3;4H,3H2,1-2H3,(H,11,12,13);4,10H2,1-2H3;2H,1H3,(H,12,13);5H,3H2,1-2H3;2-3,5H2,1H3;1H;;1H2/q;;;;;;;;;+1;/p-1. The zero-order chi connectivity index (χ0) is 83.7. The number of alkyl halides is 1. The molecular weight excluding hydrogens is 1600 g/mol. The summed E-state index contributed by atoms with van der Waals surface area (Å²) in [6, 6.07) is 0. The van der Waals surface area contributed by atoms with E-state index in [1.54, 1.807) is 76.2 Å². The molecule has 43 heteroatoms. The molecule has 10 N–H and O–H groups in total. The van der Waals surface area contributed by atoms with Crippen LogP contribution in [0.4, 0.5) is 23.2 Å². The molecule has 1 atom stereocenters. The van der Waals surface area contributed by atoms with Crippen LogP contribution >= 0.6 is 47.2 Å². The van der Waals surface area contributed by atoms with Gasteiger partial charge in [0.1, 0.15) is 121 Å². The first-order valence-electron chi connectivity index (χ1n) is 34.7. The molecule has 11 heterocycles. The van der Waals surface area contributed by atoms with Crippen molar-refractivity contribution in [3.63, 3.8) is 0 Å². The molecule has 3 aliphatic rings. The number of rotatable bonds is 17. The molecule has 618 valence electrons. The molecule has 14 rings (SSSR count). The number of furan rings is 6. The number of anilines is 3. The third kappa shape index (κ3) is 24.4. The number of aromatic amines is 1. The summed E-state index contributed by atoms with van der Waals surface area (Å²) in [5.74, 6) is -1.88. The largest absolute Gasteiger partial charge is 1.00 e. The van der Waals surface area contributed by atoms with E-state index in [9.17, 15) is 48.3 Å². The fourth-order valence-corrected chi connectivity index (χ4v) is 10.6. The van der Waals surface area contributed by atoms with Crippen molar-refractivity contribution in [2.24, 2.45) is 5.73 Å². The van der Waals surface area contributed by atoms with Crippen molar-refractivity contribution in [2.75, 3.05) is 49.4 Å². The van der Waals surface area contributed by atoms with E-state index in [2.05, 4.69) is 90.8 Å². The average Bonchev–Trinajstić information content (AvgIpc) is 1.58. The van der Waals surface area contributed by atoms with Crippen LogP contribution in [-0.4, -0.2) is 168 Å². The van der Waals surface area contributed by atoms with Crippen LogP contribution in [0.3, 0.4) is 0 Å². The molecule has 3 aliphatic carbocycles. The van der Waals surface area contributed by atoms with E-state index in [4.69, 9.17) is 103 Å². The van der Waals surface area contributed by atoms with E-state index in [-0.39, 0.29) is 158 Å². The van der Waals surface area contributed by atoms with Gasteiger partial charge < -0.3 is 93.0 Å². The topological polar surface area (TPSA) is 561 Å². The van der Waals surface area contributed by atoms with Crippen LogP contribution in [0.2, 0.25) is 10.3 Å². The first-order valence-corrected chi connectivity index (χ1v) is 35.9. The Labute approximate surface area is 693 Å². The summed E-state index contributed by atoms with van der Waals surface area (Å²) < 4.78 is 55.6. The Kier molecular flexibility index (Phi) is 35.4. The van der Waals surface area contributed by atoms with E-state index < -0.39 is 52.7 Å². The third-order valence-corrected chi connectivity index (χ3v) is 17.6. The summed E-state index contributed by atoms with van der Waals surface area (Å²) in [4.78, 5) is 143. The average molecular weight is 1690 g/mol.